The minimum Gasteiger partial charge on any atom is -0.481 e. The molecule has 1 aliphatic heterocycles. The zero-order chi connectivity index (χ0) is 17.5. The van der Waals surface area contributed by atoms with Gasteiger partial charge >= 0.3 is 17.3 Å². The average molecular weight is 347 g/mol. The highest BCUT2D eigenvalue weighted by Gasteiger charge is 1.95. The van der Waals surface area contributed by atoms with E-state index in [1.807, 2.05) is 34.6 Å². The minimum absolute atomic E-state index is 0.316. The number of hydrogen-bond acceptors (Lipinski definition) is 4. The third-order valence-corrected chi connectivity index (χ3v) is 3.15. The molecule has 0 aromatic carbocycles. The Morgan fingerprint density at radius 1 is 1.19 bits per heavy atom. The summed E-state index contributed by atoms with van der Waals surface area (Å²) in [5, 5.41) is 8.04. The van der Waals surface area contributed by atoms with Gasteiger partial charge in [-0.05, 0) is 30.8 Å². The topological polar surface area (TPSA) is 83.8 Å². The van der Waals surface area contributed by atoms with Gasteiger partial charge in [0.15, 0.2) is 0 Å². The molecule has 132 valence electrons. The van der Waals surface area contributed by atoms with Crippen molar-refractivity contribution in [3.63, 3.8) is 0 Å². The molecule has 0 saturated carbocycles. The van der Waals surface area contributed by atoms with Crippen molar-refractivity contribution < 1.29 is 22.8 Å². The van der Waals surface area contributed by atoms with Gasteiger partial charge < -0.3 is 5.11 Å². The molecule has 1 saturated heterocycles. The molecule has 1 rings (SSSR count). The Morgan fingerprint density at radius 3 is 1.67 bits per heavy atom. The van der Waals surface area contributed by atoms with Crippen LogP contribution in [-0.4, -0.2) is 38.5 Å². The van der Waals surface area contributed by atoms with Crippen LogP contribution in [0.25, 0.3) is 0 Å². The zero-order valence-corrected chi connectivity index (χ0v) is 16.0. The van der Waals surface area contributed by atoms with Gasteiger partial charge in [0.05, 0.1) is 7.11 Å². The van der Waals surface area contributed by atoms with E-state index in [9.17, 15) is 9.00 Å². The van der Waals surface area contributed by atoms with Crippen LogP contribution in [0, 0.1) is 0 Å². The van der Waals surface area contributed by atoms with E-state index in [0.717, 1.165) is 20.0 Å². The molecule has 1 heterocycles. The van der Waals surface area contributed by atoms with Crippen molar-refractivity contribution in [1.29, 1.82) is 0 Å². The fourth-order valence-corrected chi connectivity index (χ4v) is 1.86. The first kappa shape index (κ1) is 29.0. The van der Waals surface area contributed by atoms with Crippen molar-refractivity contribution >= 4 is 29.1 Å². The summed E-state index contributed by atoms with van der Waals surface area (Å²) in [7, 11) is 1.15. The molecular weight excluding hydrogens is 312 g/mol. The Morgan fingerprint density at radius 2 is 1.57 bits per heavy atom. The van der Waals surface area contributed by atoms with Gasteiger partial charge in [0.1, 0.15) is 0 Å². The second kappa shape index (κ2) is 32.0. The lowest BCUT2D eigenvalue weighted by Crippen LogP contribution is -1.91. The van der Waals surface area contributed by atoms with E-state index in [0.29, 0.717) is 6.42 Å². The van der Waals surface area contributed by atoms with Gasteiger partial charge in [-0.2, -0.15) is 16.0 Å². The van der Waals surface area contributed by atoms with Crippen molar-refractivity contribution in [2.45, 2.75) is 66.7 Å². The summed E-state index contributed by atoms with van der Waals surface area (Å²) < 4.78 is 20.6. The van der Waals surface area contributed by atoms with E-state index >= 15 is 0 Å². The first-order chi connectivity index (χ1) is 10.0. The van der Waals surface area contributed by atoms with Gasteiger partial charge in [0.25, 0.3) is 0 Å². The molecule has 7 heteroatoms. The number of aliphatic carboxylic acids is 1. The van der Waals surface area contributed by atoms with Crippen LogP contribution in [0.3, 0.4) is 0 Å². The lowest BCUT2D eigenvalue weighted by Gasteiger charge is -1.85. The summed E-state index contributed by atoms with van der Waals surface area (Å²) in [5.74, 6) is 2.14. The molecule has 0 radical (unpaired) electrons. The van der Waals surface area contributed by atoms with Crippen molar-refractivity contribution in [3.8, 4) is 0 Å². The predicted octanol–water partition coefficient (Wildman–Crippen LogP) is 4.60. The molecule has 0 bridgehead atoms. The Balaban J connectivity index is -0.0000000932. The highest BCUT2D eigenvalue weighted by atomic mass is 32.2. The quantitative estimate of drug-likeness (QED) is 0.724. The Bertz CT molecular complexity index is 190. The fraction of sp³-hybridized carbons (Fsp3) is 0.929. The van der Waals surface area contributed by atoms with Crippen molar-refractivity contribution in [2.75, 3.05) is 18.6 Å². The molecule has 21 heavy (non-hydrogen) atoms. The number of thioether (sulfide) groups is 1. The summed E-state index contributed by atoms with van der Waals surface area (Å²) in [6.45, 7) is 9.98. The number of hydrogen-bond donors (Lipinski definition) is 2. The highest BCUT2D eigenvalue weighted by molar-refractivity contribution is 7.99. The standard InChI is InChI=1S/C5H10O2.C4H8S.2C2H6.CH4O3S/c1-2-3-4-5(6)7;1-2-4-5-3-1;2*1-2;1-4-5(2)3/h2-4H2,1H3,(H,6,7);1-4H2;2*1-2H3;1H3,(H,2,3). The van der Waals surface area contributed by atoms with E-state index in [2.05, 4.69) is 15.9 Å². The number of unbranched alkanes of at least 4 members (excludes halogenated alkanes) is 1. The molecule has 0 amide bonds. The molecule has 1 atom stereocenters. The summed E-state index contributed by atoms with van der Waals surface area (Å²) in [6, 6.07) is 0. The monoisotopic (exact) mass is 346 g/mol. The van der Waals surface area contributed by atoms with Gasteiger partial charge in [0.2, 0.25) is 0 Å². The number of carboxylic acid groups (broad SMARTS) is 1. The summed E-state index contributed by atoms with van der Waals surface area (Å²) in [5.41, 5.74) is 0. The van der Waals surface area contributed by atoms with Crippen molar-refractivity contribution in [3.05, 3.63) is 0 Å². The van der Waals surface area contributed by atoms with Crippen LogP contribution in [0.5, 0.6) is 0 Å². The Kier molecular flexibility index (Phi) is 44.2. The second-order valence-electron chi connectivity index (χ2n) is 3.20. The molecular formula is C14H34O5S2. The first-order valence-electron chi connectivity index (χ1n) is 7.49. The van der Waals surface area contributed by atoms with Crippen molar-refractivity contribution in [1.82, 2.24) is 0 Å². The number of carbonyl (C=O) groups is 1. The highest BCUT2D eigenvalue weighted by Crippen LogP contribution is 2.14. The molecule has 2 N–H and O–H groups in total. The molecule has 5 nitrogen and oxygen atoms in total. The maximum atomic E-state index is 9.76. The van der Waals surface area contributed by atoms with E-state index in [1.165, 1.54) is 24.3 Å². The van der Waals surface area contributed by atoms with Gasteiger partial charge in [-0.1, -0.05) is 41.0 Å². The normalized spacial score (nSPS) is 12.7. The first-order valence-corrected chi connectivity index (χ1v) is 9.68. The van der Waals surface area contributed by atoms with Gasteiger partial charge in [-0.25, -0.2) is 0 Å². The average Bonchev–Trinajstić information content (AvgIpc) is 3.09. The molecule has 1 aliphatic rings. The largest absolute Gasteiger partial charge is 0.481 e. The smallest absolute Gasteiger partial charge is 0.303 e. The van der Waals surface area contributed by atoms with Crippen LogP contribution in [0.1, 0.15) is 66.7 Å². The van der Waals surface area contributed by atoms with Gasteiger partial charge in [-0.15, -0.1) is 0 Å². The van der Waals surface area contributed by atoms with E-state index in [1.54, 1.807) is 0 Å². The van der Waals surface area contributed by atoms with Crippen LogP contribution in [0.15, 0.2) is 0 Å². The van der Waals surface area contributed by atoms with Gasteiger partial charge in [-0.3, -0.25) is 13.5 Å². The lowest BCUT2D eigenvalue weighted by molar-refractivity contribution is -0.137. The maximum absolute atomic E-state index is 9.76. The molecule has 0 spiro atoms. The lowest BCUT2D eigenvalue weighted by atomic mass is 10.3. The van der Waals surface area contributed by atoms with Crippen LogP contribution in [0.4, 0.5) is 0 Å². The van der Waals surface area contributed by atoms with E-state index < -0.39 is 17.3 Å². The third kappa shape index (κ3) is 53.7. The maximum Gasteiger partial charge on any atom is 0.303 e. The SMILES string of the molecule is C1CCSC1.CC.CC.CCCCC(=O)O.COS(=O)O. The molecule has 1 fully saturated rings. The van der Waals surface area contributed by atoms with Crippen LogP contribution in [0.2, 0.25) is 0 Å². The Labute approximate surface area is 137 Å². The Hall–Kier alpha value is -0.110. The number of rotatable bonds is 4. The molecule has 1 unspecified atom stereocenters. The molecule has 0 aromatic heterocycles. The predicted molar refractivity (Wildman–Crippen MR) is 94.2 cm³/mol. The van der Waals surface area contributed by atoms with E-state index in [4.69, 9.17) is 9.66 Å². The van der Waals surface area contributed by atoms with Crippen molar-refractivity contribution in [2.24, 2.45) is 0 Å². The zero-order valence-electron chi connectivity index (χ0n) is 14.4. The van der Waals surface area contributed by atoms with Crippen LogP contribution >= 0.6 is 11.8 Å². The van der Waals surface area contributed by atoms with Crippen LogP contribution in [-0.2, 0) is 20.3 Å². The second-order valence-corrected chi connectivity index (χ2v) is 5.19. The minimum atomic E-state index is -2.07. The fourth-order valence-electron chi connectivity index (χ4n) is 0.838. The third-order valence-electron chi connectivity index (χ3n) is 1.71. The summed E-state index contributed by atoms with van der Waals surface area (Å²) >= 11 is 0.00154. The summed E-state index contributed by atoms with van der Waals surface area (Å²) in [4.78, 5) is 9.76. The summed E-state index contributed by atoms with van der Waals surface area (Å²) in [6.07, 6.45) is 5.01. The van der Waals surface area contributed by atoms with Gasteiger partial charge in [0, 0.05) is 6.42 Å². The van der Waals surface area contributed by atoms with Crippen LogP contribution < -0.4 is 0 Å². The van der Waals surface area contributed by atoms with E-state index in [-0.39, 0.29) is 0 Å². The number of carboxylic acids is 1. The molecule has 0 aliphatic carbocycles. The molecule has 0 aromatic rings.